The number of likely N-dealkylation sites (N-methyl/N-ethyl adjacent to an activating group) is 4. The Labute approximate surface area is 243 Å². The monoisotopic (exact) mass is 630 g/mol. The van der Waals surface area contributed by atoms with Crippen LogP contribution in [0.4, 0.5) is 9.59 Å². The highest BCUT2D eigenvalue weighted by molar-refractivity contribution is 9.10. The lowest BCUT2D eigenvalue weighted by Crippen LogP contribution is -2.56. The number of nitrogens with zero attached hydrogens (tertiary/aromatic N) is 6. The van der Waals surface area contributed by atoms with E-state index in [9.17, 15) is 29.4 Å². The Morgan fingerprint density at radius 2 is 1.29 bits per heavy atom. The number of aromatic nitrogens is 2. The van der Waals surface area contributed by atoms with Gasteiger partial charge < -0.3 is 39.8 Å². The molecule has 4 N–H and O–H groups in total. The fraction of sp³-hybridized carbons (Fsp3) is 0.538. The Morgan fingerprint density at radius 3 is 1.88 bits per heavy atom. The normalized spacial score (nSPS) is 38.0. The van der Waals surface area contributed by atoms with Gasteiger partial charge in [-0.25, -0.2) is 9.59 Å². The predicted octanol–water partition coefficient (Wildman–Crippen LogP) is -0.0389. The molecule has 2 saturated carbocycles. The Bertz CT molecular complexity index is 1520. The second-order valence-electron chi connectivity index (χ2n) is 11.8. The van der Waals surface area contributed by atoms with Gasteiger partial charge in [0, 0.05) is 47.2 Å². The summed E-state index contributed by atoms with van der Waals surface area (Å²) in [6.45, 7) is 0. The number of halogens is 1. The first-order valence-corrected chi connectivity index (χ1v) is 14.2. The fourth-order valence-electron chi connectivity index (χ4n) is 8.07. The molecule has 0 aromatic carbocycles. The zero-order valence-electron chi connectivity index (χ0n) is 22.9. The number of fused-ring (bicyclic) bond motifs is 10. The van der Waals surface area contributed by atoms with E-state index in [1.165, 1.54) is 19.6 Å². The number of carbonyl (C=O) groups is 4. The standard InChI is InChI=1S/C13H15BrN4O3.C13H16N4O3/c1-16-10-9-7(5-13(10,21)17(2)12(16)20)18-6(11(19)15-9)3-4-8(18)14;1-15-10-9-8(6-13(10,20)16(2)12(15)19)17-5-3-4-7(17)11(18)14-9/h3-4,7,9-10,21H,5H2,1-2H3,(H,15,19);3-5,8-10,20H,6H2,1-2H3,(H,14,18)/t7-,9-,10+,13+;8-,9-,10+,13+/m11/s1. The summed E-state index contributed by atoms with van der Waals surface area (Å²) in [6.07, 6.45) is 2.66. The van der Waals surface area contributed by atoms with Crippen molar-refractivity contribution in [3.05, 3.63) is 46.5 Å². The average molecular weight is 631 g/mol. The molecule has 6 amide bonds. The van der Waals surface area contributed by atoms with Crippen LogP contribution in [0.25, 0.3) is 0 Å². The van der Waals surface area contributed by atoms with Crippen LogP contribution in [0.3, 0.4) is 0 Å². The molecule has 14 nitrogen and oxygen atoms in total. The third-order valence-corrected chi connectivity index (χ3v) is 10.7. The molecule has 2 aliphatic carbocycles. The molecule has 8 rings (SSSR count). The van der Waals surface area contributed by atoms with E-state index in [1.54, 1.807) is 40.3 Å². The predicted molar refractivity (Wildman–Crippen MR) is 146 cm³/mol. The van der Waals surface area contributed by atoms with Gasteiger partial charge in [-0.1, -0.05) is 0 Å². The number of nitrogens with one attached hydrogen (secondary N) is 2. The van der Waals surface area contributed by atoms with Gasteiger partial charge in [-0.05, 0) is 40.2 Å². The van der Waals surface area contributed by atoms with Crippen LogP contribution in [-0.4, -0.2) is 127 Å². The van der Waals surface area contributed by atoms with Crippen molar-refractivity contribution in [2.24, 2.45) is 0 Å². The summed E-state index contributed by atoms with van der Waals surface area (Å²) in [7, 11) is 6.54. The molecule has 2 aromatic heterocycles. The van der Waals surface area contributed by atoms with E-state index >= 15 is 0 Å². The Hall–Kier alpha value is -3.56. The molecule has 0 spiro atoms. The van der Waals surface area contributed by atoms with Gasteiger partial charge >= 0.3 is 12.1 Å². The fourth-order valence-corrected chi connectivity index (χ4v) is 8.65. The van der Waals surface area contributed by atoms with Crippen LogP contribution in [-0.2, 0) is 0 Å². The maximum atomic E-state index is 12.3. The van der Waals surface area contributed by atoms with E-state index in [0.717, 1.165) is 4.60 Å². The van der Waals surface area contributed by atoms with Crippen molar-refractivity contribution >= 4 is 39.8 Å². The molecule has 6 heterocycles. The highest BCUT2D eigenvalue weighted by Crippen LogP contribution is 2.50. The average Bonchev–Trinajstić information content (AvgIpc) is 3.73. The third kappa shape index (κ3) is 3.13. The first kappa shape index (κ1) is 26.3. The Balaban J connectivity index is 0.000000135. The van der Waals surface area contributed by atoms with E-state index in [1.807, 2.05) is 27.5 Å². The number of hydrogen-bond donors (Lipinski definition) is 4. The molecule has 2 saturated heterocycles. The molecule has 15 heteroatoms. The number of amides is 6. The molecule has 218 valence electrons. The number of urea groups is 2. The summed E-state index contributed by atoms with van der Waals surface area (Å²) in [5.74, 6) is -0.336. The highest BCUT2D eigenvalue weighted by atomic mass is 79.9. The second kappa shape index (κ2) is 8.26. The third-order valence-electron chi connectivity index (χ3n) is 10.0. The van der Waals surface area contributed by atoms with Gasteiger partial charge in [-0.2, -0.15) is 0 Å². The van der Waals surface area contributed by atoms with Crippen molar-refractivity contribution in [1.29, 1.82) is 0 Å². The molecule has 4 aliphatic heterocycles. The van der Waals surface area contributed by atoms with Gasteiger partial charge in [-0.3, -0.25) is 19.4 Å². The summed E-state index contributed by atoms with van der Waals surface area (Å²) in [5.41, 5.74) is -1.32. The molecular formula is C26H31BrN8O6. The zero-order chi connectivity index (χ0) is 29.3. The van der Waals surface area contributed by atoms with Crippen LogP contribution in [0.15, 0.2) is 35.1 Å². The number of carbonyl (C=O) groups excluding carboxylic acids is 4. The van der Waals surface area contributed by atoms with Crippen molar-refractivity contribution < 1.29 is 29.4 Å². The first-order chi connectivity index (χ1) is 19.3. The topological polar surface area (TPSA) is 156 Å². The molecule has 0 radical (unpaired) electrons. The minimum absolute atomic E-state index is 0.0364. The van der Waals surface area contributed by atoms with Crippen LogP contribution >= 0.6 is 15.9 Å². The minimum atomic E-state index is -1.26. The first-order valence-electron chi connectivity index (χ1n) is 13.4. The summed E-state index contributed by atoms with van der Waals surface area (Å²) < 4.78 is 4.63. The van der Waals surface area contributed by atoms with Gasteiger partial charge in [0.05, 0.1) is 28.8 Å². The van der Waals surface area contributed by atoms with Crippen molar-refractivity contribution in [2.75, 3.05) is 28.2 Å². The quantitative estimate of drug-likeness (QED) is 0.320. The van der Waals surface area contributed by atoms with Crippen molar-refractivity contribution in [3.63, 3.8) is 0 Å². The van der Waals surface area contributed by atoms with Crippen LogP contribution in [0.2, 0.25) is 0 Å². The molecule has 0 unspecified atom stereocenters. The Morgan fingerprint density at radius 1 is 0.780 bits per heavy atom. The van der Waals surface area contributed by atoms with Crippen molar-refractivity contribution in [3.8, 4) is 0 Å². The van der Waals surface area contributed by atoms with Gasteiger partial charge in [0.2, 0.25) is 0 Å². The lowest BCUT2D eigenvalue weighted by Gasteiger charge is -2.34. The summed E-state index contributed by atoms with van der Waals surface area (Å²) >= 11 is 3.46. The molecule has 8 atom stereocenters. The number of aliphatic hydroxyl groups is 2. The Kier molecular flexibility index (Phi) is 5.31. The van der Waals surface area contributed by atoms with E-state index in [0.29, 0.717) is 24.2 Å². The van der Waals surface area contributed by atoms with E-state index < -0.39 is 23.5 Å². The van der Waals surface area contributed by atoms with Crippen LogP contribution in [0.1, 0.15) is 45.9 Å². The van der Waals surface area contributed by atoms with Crippen LogP contribution < -0.4 is 10.6 Å². The van der Waals surface area contributed by atoms with E-state index in [4.69, 9.17) is 0 Å². The van der Waals surface area contributed by atoms with Gasteiger partial charge in [0.15, 0.2) is 11.4 Å². The lowest BCUT2D eigenvalue weighted by molar-refractivity contribution is -0.0632. The van der Waals surface area contributed by atoms with Gasteiger partial charge in [-0.15, -0.1) is 0 Å². The smallest absolute Gasteiger partial charge is 0.322 e. The maximum absolute atomic E-state index is 12.3. The number of rotatable bonds is 0. The van der Waals surface area contributed by atoms with Crippen LogP contribution in [0.5, 0.6) is 0 Å². The van der Waals surface area contributed by atoms with Crippen molar-refractivity contribution in [2.45, 2.75) is 60.5 Å². The molecule has 4 fully saturated rings. The molecule has 2 aromatic rings. The zero-order valence-corrected chi connectivity index (χ0v) is 24.4. The van der Waals surface area contributed by atoms with Crippen LogP contribution in [0, 0.1) is 0 Å². The number of hydrogen-bond acceptors (Lipinski definition) is 6. The molecule has 0 bridgehead atoms. The van der Waals surface area contributed by atoms with Crippen molar-refractivity contribution in [1.82, 2.24) is 39.4 Å². The molecule has 6 aliphatic rings. The highest BCUT2D eigenvalue weighted by Gasteiger charge is 2.67. The summed E-state index contributed by atoms with van der Waals surface area (Å²) in [6, 6.07) is 5.15. The minimum Gasteiger partial charge on any atom is -0.368 e. The second-order valence-corrected chi connectivity index (χ2v) is 12.6. The maximum Gasteiger partial charge on any atom is 0.322 e. The van der Waals surface area contributed by atoms with Gasteiger partial charge in [0.25, 0.3) is 11.8 Å². The summed E-state index contributed by atoms with van der Waals surface area (Å²) in [5, 5.41) is 27.8. The summed E-state index contributed by atoms with van der Waals surface area (Å²) in [4.78, 5) is 54.3. The lowest BCUT2D eigenvalue weighted by atomic mass is 10.0. The van der Waals surface area contributed by atoms with E-state index in [2.05, 4.69) is 26.6 Å². The molecular weight excluding hydrogens is 600 g/mol. The largest absolute Gasteiger partial charge is 0.368 e. The SMILES string of the molecule is CN1C(=O)N(C)[C@]2(O)C[C@@H]3[C@@H](NC(=O)c4ccc(Br)n43)[C@H]12.CN1C(=O)N(C)[C@]2(O)C[C@@H]3[C@@H](NC(=O)c4cccn43)[C@H]12. The molecule has 41 heavy (non-hydrogen) atoms. The van der Waals surface area contributed by atoms with Gasteiger partial charge in [0.1, 0.15) is 23.5 Å². The van der Waals surface area contributed by atoms with E-state index in [-0.39, 0.29) is 48.0 Å².